The molecule has 4 rings (SSSR count). The van der Waals surface area contributed by atoms with E-state index in [-0.39, 0.29) is 17.3 Å². The molecule has 0 radical (unpaired) electrons. The first-order valence-electron chi connectivity index (χ1n) is 6.50. The fourth-order valence-corrected chi connectivity index (χ4v) is 2.36. The summed E-state index contributed by atoms with van der Waals surface area (Å²) in [7, 11) is 0. The number of hydrogen-bond acceptors (Lipinski definition) is 6. The monoisotopic (exact) mass is 317 g/mol. The number of fused-ring (bicyclic) bond motifs is 2. The number of rotatable bonds is 3. The Hall–Kier alpha value is -3.30. The van der Waals surface area contributed by atoms with Gasteiger partial charge in [-0.1, -0.05) is 0 Å². The molecule has 0 aliphatic carbocycles. The maximum absolute atomic E-state index is 12.6. The topological polar surface area (TPSA) is 95.6 Å². The summed E-state index contributed by atoms with van der Waals surface area (Å²) < 4.78 is 32.8. The Morgan fingerprint density at radius 3 is 2.91 bits per heavy atom. The molecule has 4 aromatic heterocycles. The largest absolute Gasteiger partial charge is 0.414 e. The van der Waals surface area contributed by atoms with Crippen LogP contribution >= 0.6 is 0 Å². The molecule has 2 N–H and O–H groups in total. The van der Waals surface area contributed by atoms with E-state index in [0.29, 0.717) is 16.9 Å². The molecule has 0 saturated heterocycles. The Morgan fingerprint density at radius 2 is 2.09 bits per heavy atom. The molecule has 4 heterocycles. The minimum Gasteiger partial charge on any atom is -0.414 e. The van der Waals surface area contributed by atoms with Crippen LogP contribution in [0, 0.1) is 0 Å². The number of imidazole rings is 1. The van der Waals surface area contributed by atoms with Crippen LogP contribution in [-0.2, 0) is 0 Å². The molecule has 10 heteroatoms. The van der Waals surface area contributed by atoms with Gasteiger partial charge in [-0.15, -0.1) is 5.10 Å². The summed E-state index contributed by atoms with van der Waals surface area (Å²) in [6.45, 7) is -3.02. The van der Waals surface area contributed by atoms with Crippen molar-refractivity contribution >= 4 is 17.2 Å². The predicted molar refractivity (Wildman–Crippen MR) is 76.0 cm³/mol. The summed E-state index contributed by atoms with van der Waals surface area (Å²) in [5, 5.41) is 3.96. The normalized spacial score (nSPS) is 11.6. The quantitative estimate of drug-likeness (QED) is 0.617. The van der Waals surface area contributed by atoms with Crippen LogP contribution in [0.15, 0.2) is 37.1 Å². The second-order valence-electron chi connectivity index (χ2n) is 4.65. The van der Waals surface area contributed by atoms with Gasteiger partial charge < -0.3 is 10.5 Å². The van der Waals surface area contributed by atoms with E-state index in [1.807, 2.05) is 0 Å². The lowest BCUT2D eigenvalue weighted by atomic mass is 10.1. The Labute approximate surface area is 127 Å². The lowest BCUT2D eigenvalue weighted by Gasteiger charge is -2.08. The molecule has 0 bridgehead atoms. The Balaban J connectivity index is 1.95. The Kier molecular flexibility index (Phi) is 2.83. The summed E-state index contributed by atoms with van der Waals surface area (Å²) in [4.78, 5) is 12.0. The molecule has 4 aromatic rings. The minimum atomic E-state index is -3.02. The molecule has 0 saturated carbocycles. The smallest absolute Gasteiger partial charge is 0.388 e. The lowest BCUT2D eigenvalue weighted by molar-refractivity contribution is -0.0519. The molecular weight excluding hydrogens is 308 g/mol. The molecule has 0 unspecified atom stereocenters. The van der Waals surface area contributed by atoms with E-state index in [4.69, 9.17) is 5.73 Å². The highest BCUT2D eigenvalue weighted by atomic mass is 19.3. The third kappa shape index (κ3) is 2.20. The molecular formula is C13H9F2N7O. The van der Waals surface area contributed by atoms with Crippen molar-refractivity contribution in [3.63, 3.8) is 0 Å². The molecule has 0 aliphatic rings. The molecule has 8 nitrogen and oxygen atoms in total. The lowest BCUT2D eigenvalue weighted by Crippen LogP contribution is -2.09. The van der Waals surface area contributed by atoms with Crippen molar-refractivity contribution < 1.29 is 13.5 Å². The SMILES string of the molecule is Nc1nc(OC(F)F)c2c(-c3cnc4nccn4c3)ccn2n1. The maximum Gasteiger partial charge on any atom is 0.388 e. The molecule has 0 spiro atoms. The number of ether oxygens (including phenoxy) is 1. The first-order chi connectivity index (χ1) is 11.1. The van der Waals surface area contributed by atoms with Crippen molar-refractivity contribution in [3.8, 4) is 17.0 Å². The van der Waals surface area contributed by atoms with Crippen LogP contribution in [0.25, 0.3) is 22.4 Å². The molecule has 0 aromatic carbocycles. The first kappa shape index (κ1) is 13.4. The highest BCUT2D eigenvalue weighted by molar-refractivity contribution is 5.84. The van der Waals surface area contributed by atoms with Gasteiger partial charge in [-0.25, -0.2) is 14.5 Å². The highest BCUT2D eigenvalue weighted by Crippen LogP contribution is 2.31. The van der Waals surface area contributed by atoms with Crippen molar-refractivity contribution in [1.82, 2.24) is 29.0 Å². The van der Waals surface area contributed by atoms with E-state index < -0.39 is 6.61 Å². The summed E-state index contributed by atoms with van der Waals surface area (Å²) in [5.74, 6) is 0.0681. The van der Waals surface area contributed by atoms with E-state index >= 15 is 0 Å². The van der Waals surface area contributed by atoms with Crippen LogP contribution in [0.3, 0.4) is 0 Å². The molecule has 0 aliphatic heterocycles. The van der Waals surface area contributed by atoms with Crippen LogP contribution in [0.2, 0.25) is 0 Å². The van der Waals surface area contributed by atoms with Crippen LogP contribution in [0.5, 0.6) is 5.88 Å². The van der Waals surface area contributed by atoms with E-state index in [0.717, 1.165) is 0 Å². The van der Waals surface area contributed by atoms with Gasteiger partial charge in [0.05, 0.1) is 0 Å². The Bertz CT molecular complexity index is 1010. The zero-order valence-corrected chi connectivity index (χ0v) is 11.5. The second-order valence-corrected chi connectivity index (χ2v) is 4.65. The van der Waals surface area contributed by atoms with Crippen LogP contribution in [-0.4, -0.2) is 35.6 Å². The van der Waals surface area contributed by atoms with Crippen molar-refractivity contribution in [2.45, 2.75) is 6.61 Å². The molecule has 0 amide bonds. The minimum absolute atomic E-state index is 0.168. The number of nitrogens with two attached hydrogens (primary N) is 1. The van der Waals surface area contributed by atoms with Gasteiger partial charge in [0.1, 0.15) is 5.52 Å². The van der Waals surface area contributed by atoms with Gasteiger partial charge in [0.2, 0.25) is 17.6 Å². The van der Waals surface area contributed by atoms with Gasteiger partial charge in [-0.2, -0.15) is 13.8 Å². The summed E-state index contributed by atoms with van der Waals surface area (Å²) in [6.07, 6.45) is 8.28. The highest BCUT2D eigenvalue weighted by Gasteiger charge is 2.18. The molecule has 116 valence electrons. The van der Waals surface area contributed by atoms with Gasteiger partial charge in [0.25, 0.3) is 0 Å². The van der Waals surface area contributed by atoms with Crippen LogP contribution in [0.4, 0.5) is 14.7 Å². The molecule has 0 fully saturated rings. The number of hydrogen-bond donors (Lipinski definition) is 1. The van der Waals surface area contributed by atoms with Gasteiger partial charge in [-0.05, 0) is 6.07 Å². The first-order valence-corrected chi connectivity index (χ1v) is 6.50. The van der Waals surface area contributed by atoms with Crippen molar-refractivity contribution in [2.75, 3.05) is 5.73 Å². The third-order valence-corrected chi connectivity index (χ3v) is 3.25. The van der Waals surface area contributed by atoms with E-state index in [1.165, 1.54) is 4.52 Å². The Morgan fingerprint density at radius 1 is 1.22 bits per heavy atom. The summed E-state index contributed by atoms with van der Waals surface area (Å²) in [6, 6.07) is 1.70. The van der Waals surface area contributed by atoms with Crippen LogP contribution in [0.1, 0.15) is 0 Å². The second kappa shape index (κ2) is 4.87. The number of nitrogen functional groups attached to an aromatic ring is 1. The number of halogens is 2. The number of anilines is 1. The summed E-state index contributed by atoms with van der Waals surface area (Å²) >= 11 is 0. The standard InChI is InChI=1S/C13H9F2N7O/c14-11(15)23-10-9-8(1-3-22(9)20-12(16)19-10)7-5-18-13-17-2-4-21(13)6-7/h1-6,11H,(H2,16,20). The van der Waals surface area contributed by atoms with Gasteiger partial charge in [0, 0.05) is 42.1 Å². The van der Waals surface area contributed by atoms with Crippen molar-refractivity contribution in [1.29, 1.82) is 0 Å². The zero-order valence-electron chi connectivity index (χ0n) is 11.5. The zero-order chi connectivity index (χ0) is 16.0. The van der Waals surface area contributed by atoms with Crippen molar-refractivity contribution in [3.05, 3.63) is 37.1 Å². The number of nitrogens with zero attached hydrogens (tertiary/aromatic N) is 6. The van der Waals surface area contributed by atoms with Gasteiger partial charge in [-0.3, -0.25) is 4.40 Å². The van der Waals surface area contributed by atoms with E-state index in [9.17, 15) is 8.78 Å². The third-order valence-electron chi connectivity index (χ3n) is 3.25. The number of aromatic nitrogens is 6. The number of alkyl halides is 2. The fraction of sp³-hybridized carbons (Fsp3) is 0.0769. The maximum atomic E-state index is 12.6. The molecule has 0 atom stereocenters. The summed E-state index contributed by atoms with van der Waals surface area (Å²) in [5.41, 5.74) is 7.05. The molecule has 23 heavy (non-hydrogen) atoms. The average molecular weight is 317 g/mol. The van der Waals surface area contributed by atoms with Gasteiger partial charge >= 0.3 is 6.61 Å². The van der Waals surface area contributed by atoms with E-state index in [1.54, 1.807) is 41.5 Å². The fourth-order valence-electron chi connectivity index (χ4n) is 2.36. The van der Waals surface area contributed by atoms with Gasteiger partial charge in [0.15, 0.2) is 0 Å². The van der Waals surface area contributed by atoms with E-state index in [2.05, 4.69) is 24.8 Å². The predicted octanol–water partition coefficient (Wildman–Crippen LogP) is 1.62. The average Bonchev–Trinajstić information content (AvgIpc) is 3.11. The van der Waals surface area contributed by atoms with Crippen molar-refractivity contribution in [2.24, 2.45) is 0 Å². The van der Waals surface area contributed by atoms with Crippen LogP contribution < -0.4 is 10.5 Å².